The zero-order valence-corrected chi connectivity index (χ0v) is 21.3. The van der Waals surface area contributed by atoms with E-state index in [0.29, 0.717) is 55.8 Å². The first-order valence-electron chi connectivity index (χ1n) is 12.7. The van der Waals surface area contributed by atoms with Gasteiger partial charge in [-0.25, -0.2) is 8.42 Å². The minimum Gasteiger partial charge on any atom is -0.495 e. The van der Waals surface area contributed by atoms with E-state index in [1.54, 1.807) is 29.6 Å². The van der Waals surface area contributed by atoms with Crippen molar-refractivity contribution in [2.24, 2.45) is 11.8 Å². The number of piperidine rings is 1. The number of carbonyl (C=O) groups excluding carboxylic acids is 1. The Balaban J connectivity index is 1.25. The monoisotopic (exact) mass is 497 g/mol. The average molecular weight is 498 g/mol. The van der Waals surface area contributed by atoms with Crippen LogP contribution in [0.1, 0.15) is 31.2 Å². The smallest absolute Gasteiger partial charge is 0.243 e. The van der Waals surface area contributed by atoms with E-state index < -0.39 is 10.0 Å². The molecule has 3 aliphatic rings. The van der Waals surface area contributed by atoms with Crippen LogP contribution in [-0.2, 0) is 21.2 Å². The van der Waals surface area contributed by atoms with Gasteiger partial charge in [0.15, 0.2) is 0 Å². The molecule has 1 saturated carbocycles. The highest BCUT2D eigenvalue weighted by Gasteiger charge is 2.35. The number of hydrogen-bond donors (Lipinski definition) is 0. The Kier molecular flexibility index (Phi) is 7.02. The van der Waals surface area contributed by atoms with E-state index in [1.807, 2.05) is 11.0 Å². The van der Waals surface area contributed by atoms with E-state index in [4.69, 9.17) is 4.74 Å². The standard InChI is InChI=1S/C27H35N3O4S/c1-34-26-10-9-24(20-25(26)28-15-17-29(18-16-28)27(31)23-7-8-23)35(32,33)30-13-11-22(12-14-30)19-21-5-3-2-4-6-21/h2-6,9-10,20,22-23H,7-8,11-19H2,1H3. The van der Waals surface area contributed by atoms with Crippen LogP contribution in [0.5, 0.6) is 5.75 Å². The molecule has 3 fully saturated rings. The lowest BCUT2D eigenvalue weighted by Gasteiger charge is -2.37. The molecule has 0 unspecified atom stereocenters. The Morgan fingerprint density at radius 1 is 0.914 bits per heavy atom. The molecular formula is C27H35N3O4S. The molecule has 2 aromatic rings. The lowest BCUT2D eigenvalue weighted by molar-refractivity contribution is -0.132. The van der Waals surface area contributed by atoms with Crippen molar-refractivity contribution in [3.05, 3.63) is 54.1 Å². The number of rotatable bonds is 7. The minimum absolute atomic E-state index is 0.224. The maximum absolute atomic E-state index is 13.5. The van der Waals surface area contributed by atoms with Gasteiger partial charge in [-0.3, -0.25) is 4.79 Å². The summed E-state index contributed by atoms with van der Waals surface area (Å²) >= 11 is 0. The summed E-state index contributed by atoms with van der Waals surface area (Å²) in [7, 11) is -1.98. The molecule has 0 radical (unpaired) electrons. The van der Waals surface area contributed by atoms with Gasteiger partial charge < -0.3 is 14.5 Å². The number of piperazine rings is 1. The highest BCUT2D eigenvalue weighted by atomic mass is 32.2. The fraction of sp³-hybridized carbons (Fsp3) is 0.519. The van der Waals surface area contributed by atoms with E-state index in [9.17, 15) is 13.2 Å². The molecule has 8 heteroatoms. The Bertz CT molecular complexity index is 1130. The molecule has 0 bridgehead atoms. The summed E-state index contributed by atoms with van der Waals surface area (Å²) in [6.45, 7) is 3.74. The van der Waals surface area contributed by atoms with E-state index in [-0.39, 0.29) is 11.8 Å². The van der Waals surface area contributed by atoms with Crippen LogP contribution >= 0.6 is 0 Å². The summed E-state index contributed by atoms with van der Waals surface area (Å²) < 4.78 is 34.3. The molecule has 188 valence electrons. The highest BCUT2D eigenvalue weighted by molar-refractivity contribution is 7.89. The summed E-state index contributed by atoms with van der Waals surface area (Å²) in [5, 5.41) is 0. The van der Waals surface area contributed by atoms with Crippen molar-refractivity contribution in [1.82, 2.24) is 9.21 Å². The van der Waals surface area contributed by atoms with Crippen LogP contribution in [0.3, 0.4) is 0 Å². The molecule has 0 N–H and O–H groups in total. The maximum Gasteiger partial charge on any atom is 0.243 e. The van der Waals surface area contributed by atoms with E-state index in [0.717, 1.165) is 37.8 Å². The molecule has 35 heavy (non-hydrogen) atoms. The summed E-state index contributed by atoms with van der Waals surface area (Å²) in [4.78, 5) is 16.8. The third kappa shape index (κ3) is 5.33. The van der Waals surface area contributed by atoms with Crippen molar-refractivity contribution >= 4 is 21.6 Å². The molecule has 7 nitrogen and oxygen atoms in total. The molecule has 0 aromatic heterocycles. The molecule has 0 atom stereocenters. The minimum atomic E-state index is -3.59. The molecule has 1 amide bonds. The molecular weight excluding hydrogens is 462 g/mol. The number of methoxy groups -OCH3 is 1. The quantitative estimate of drug-likeness (QED) is 0.587. The lowest BCUT2D eigenvalue weighted by atomic mass is 9.91. The van der Waals surface area contributed by atoms with Crippen molar-refractivity contribution in [3.63, 3.8) is 0 Å². The third-order valence-corrected chi connectivity index (χ3v) is 9.48. The molecule has 5 rings (SSSR count). The van der Waals surface area contributed by atoms with Gasteiger partial charge in [-0.1, -0.05) is 30.3 Å². The van der Waals surface area contributed by atoms with Gasteiger partial charge in [-0.15, -0.1) is 0 Å². The number of anilines is 1. The van der Waals surface area contributed by atoms with Crippen LogP contribution in [0, 0.1) is 11.8 Å². The Morgan fingerprint density at radius 2 is 1.60 bits per heavy atom. The van der Waals surface area contributed by atoms with Crippen LogP contribution < -0.4 is 9.64 Å². The summed E-state index contributed by atoms with van der Waals surface area (Å²) in [6.07, 6.45) is 4.76. The third-order valence-electron chi connectivity index (χ3n) is 7.59. The van der Waals surface area contributed by atoms with Gasteiger partial charge >= 0.3 is 0 Å². The number of carbonyl (C=O) groups is 1. The fourth-order valence-corrected chi connectivity index (χ4v) is 6.77. The molecule has 1 aliphatic carbocycles. The first-order valence-corrected chi connectivity index (χ1v) is 14.2. The fourth-order valence-electron chi connectivity index (χ4n) is 5.28. The molecule has 2 heterocycles. The van der Waals surface area contributed by atoms with Crippen LogP contribution in [0.15, 0.2) is 53.4 Å². The Hall–Kier alpha value is -2.58. The number of sulfonamides is 1. The predicted molar refractivity (Wildman–Crippen MR) is 136 cm³/mol. The second-order valence-corrected chi connectivity index (χ2v) is 11.9. The van der Waals surface area contributed by atoms with Crippen LogP contribution in [0.2, 0.25) is 0 Å². The zero-order chi connectivity index (χ0) is 24.4. The second-order valence-electron chi connectivity index (χ2n) is 9.96. The molecule has 2 aliphatic heterocycles. The van der Waals surface area contributed by atoms with Crippen molar-refractivity contribution in [2.45, 2.75) is 37.0 Å². The Labute approximate surface area is 208 Å². The average Bonchev–Trinajstić information content (AvgIpc) is 3.75. The van der Waals surface area contributed by atoms with Crippen molar-refractivity contribution in [2.75, 3.05) is 51.3 Å². The van der Waals surface area contributed by atoms with Gasteiger partial charge in [-0.2, -0.15) is 4.31 Å². The van der Waals surface area contributed by atoms with Crippen molar-refractivity contribution in [1.29, 1.82) is 0 Å². The van der Waals surface area contributed by atoms with Gasteiger partial charge in [-0.05, 0) is 61.8 Å². The predicted octanol–water partition coefficient (Wildman–Crippen LogP) is 3.40. The van der Waals surface area contributed by atoms with E-state index >= 15 is 0 Å². The molecule has 0 spiro atoms. The van der Waals surface area contributed by atoms with Crippen LogP contribution in [0.4, 0.5) is 5.69 Å². The van der Waals surface area contributed by atoms with Crippen molar-refractivity contribution < 1.29 is 17.9 Å². The van der Waals surface area contributed by atoms with Gasteiger partial charge in [0, 0.05) is 45.2 Å². The Morgan fingerprint density at radius 3 is 2.23 bits per heavy atom. The normalized spacial score (nSPS) is 20.1. The number of nitrogens with zero attached hydrogens (tertiary/aromatic N) is 3. The topological polar surface area (TPSA) is 70.2 Å². The first kappa shape index (κ1) is 24.1. The number of benzene rings is 2. The molecule has 2 aromatic carbocycles. The van der Waals surface area contributed by atoms with Crippen molar-refractivity contribution in [3.8, 4) is 5.75 Å². The summed E-state index contributed by atoms with van der Waals surface area (Å²) in [6, 6.07) is 15.6. The zero-order valence-electron chi connectivity index (χ0n) is 20.4. The number of amides is 1. The molecule has 2 saturated heterocycles. The van der Waals surface area contributed by atoms with Crippen LogP contribution in [0.25, 0.3) is 0 Å². The maximum atomic E-state index is 13.5. The SMILES string of the molecule is COc1ccc(S(=O)(=O)N2CCC(Cc3ccccc3)CC2)cc1N1CCN(C(=O)C2CC2)CC1. The number of ether oxygens (including phenoxy) is 1. The van der Waals surface area contributed by atoms with E-state index in [1.165, 1.54) is 5.56 Å². The van der Waals surface area contributed by atoms with Crippen LogP contribution in [-0.4, -0.2) is 69.9 Å². The highest BCUT2D eigenvalue weighted by Crippen LogP contribution is 2.35. The van der Waals surface area contributed by atoms with Gasteiger partial charge in [0.05, 0.1) is 17.7 Å². The summed E-state index contributed by atoms with van der Waals surface area (Å²) in [5.41, 5.74) is 2.10. The first-order chi connectivity index (χ1) is 17.0. The lowest BCUT2D eigenvalue weighted by Crippen LogP contribution is -2.49. The van der Waals surface area contributed by atoms with E-state index in [2.05, 4.69) is 29.2 Å². The largest absolute Gasteiger partial charge is 0.495 e. The second kappa shape index (κ2) is 10.2. The van der Waals surface area contributed by atoms with Gasteiger partial charge in [0.1, 0.15) is 5.75 Å². The van der Waals surface area contributed by atoms with Gasteiger partial charge in [0.25, 0.3) is 0 Å². The summed E-state index contributed by atoms with van der Waals surface area (Å²) in [5.74, 6) is 1.66. The number of hydrogen-bond acceptors (Lipinski definition) is 5. The van der Waals surface area contributed by atoms with Gasteiger partial charge in [0.2, 0.25) is 15.9 Å².